The number of rotatable bonds is 2. The molecule has 1 aliphatic carbocycles. The molecule has 0 spiro atoms. The fraction of sp³-hybridized carbons (Fsp3) is 0.909. The van der Waals surface area contributed by atoms with Crippen molar-refractivity contribution in [2.75, 3.05) is 13.1 Å². The van der Waals surface area contributed by atoms with Crippen molar-refractivity contribution in [2.24, 2.45) is 5.92 Å². The Morgan fingerprint density at radius 2 is 2.13 bits per heavy atom. The van der Waals surface area contributed by atoms with Crippen LogP contribution in [0.4, 0.5) is 0 Å². The molecule has 15 heavy (non-hydrogen) atoms. The van der Waals surface area contributed by atoms with E-state index in [1.165, 1.54) is 6.42 Å². The van der Waals surface area contributed by atoms with E-state index in [0.29, 0.717) is 17.2 Å². The monoisotopic (exact) mass is 275 g/mol. The maximum atomic E-state index is 11.6. The molecule has 2 aliphatic rings. The zero-order valence-electron chi connectivity index (χ0n) is 8.86. The van der Waals surface area contributed by atoms with E-state index in [0.717, 1.165) is 32.4 Å². The van der Waals surface area contributed by atoms with Gasteiger partial charge in [-0.15, -0.1) is 0 Å². The minimum atomic E-state index is -0.194. The third-order valence-corrected chi connectivity index (χ3v) is 4.10. The van der Waals surface area contributed by atoms with Gasteiger partial charge < -0.3 is 10.0 Å². The van der Waals surface area contributed by atoms with E-state index in [-0.39, 0.29) is 12.0 Å². The Hall–Kier alpha value is -0.0900. The Kier molecular flexibility index (Phi) is 3.67. The summed E-state index contributed by atoms with van der Waals surface area (Å²) in [6.45, 7) is 1.56. The molecule has 4 heteroatoms. The molecule has 2 rings (SSSR count). The first-order chi connectivity index (χ1) is 7.16. The van der Waals surface area contributed by atoms with Crippen molar-refractivity contribution in [1.82, 2.24) is 4.90 Å². The minimum Gasteiger partial charge on any atom is -0.393 e. The number of aliphatic hydroxyl groups is 1. The van der Waals surface area contributed by atoms with Crippen LogP contribution >= 0.6 is 15.9 Å². The van der Waals surface area contributed by atoms with Crippen molar-refractivity contribution < 1.29 is 9.90 Å². The number of nitrogens with zero attached hydrogens (tertiary/aromatic N) is 1. The standard InChI is InChI=1S/C11H18BrNO2/c12-9-5-11(15)13(7-9)6-8-3-1-2-4-10(8)14/h8-10,14H,1-7H2. The van der Waals surface area contributed by atoms with Gasteiger partial charge in [0.2, 0.25) is 5.91 Å². The second kappa shape index (κ2) is 4.83. The van der Waals surface area contributed by atoms with Gasteiger partial charge in [0.15, 0.2) is 0 Å². The average Bonchev–Trinajstić information content (AvgIpc) is 2.49. The van der Waals surface area contributed by atoms with Gasteiger partial charge in [0.1, 0.15) is 0 Å². The van der Waals surface area contributed by atoms with E-state index in [4.69, 9.17) is 0 Å². The summed E-state index contributed by atoms with van der Waals surface area (Å²) >= 11 is 3.47. The van der Waals surface area contributed by atoms with E-state index in [9.17, 15) is 9.90 Å². The molecule has 1 aliphatic heterocycles. The summed E-state index contributed by atoms with van der Waals surface area (Å²) in [7, 11) is 0. The number of alkyl halides is 1. The van der Waals surface area contributed by atoms with Crippen molar-refractivity contribution >= 4 is 21.8 Å². The summed E-state index contributed by atoms with van der Waals surface area (Å²) in [5, 5.41) is 9.83. The smallest absolute Gasteiger partial charge is 0.223 e. The summed E-state index contributed by atoms with van der Waals surface area (Å²) in [5.74, 6) is 0.537. The fourth-order valence-corrected chi connectivity index (χ4v) is 3.21. The van der Waals surface area contributed by atoms with Gasteiger partial charge in [-0.1, -0.05) is 28.8 Å². The minimum absolute atomic E-state index is 0.194. The molecule has 0 aromatic heterocycles. The van der Waals surface area contributed by atoms with Crippen LogP contribution < -0.4 is 0 Å². The average molecular weight is 276 g/mol. The Balaban J connectivity index is 1.87. The van der Waals surface area contributed by atoms with Crippen molar-refractivity contribution in [3.8, 4) is 0 Å². The first-order valence-corrected chi connectivity index (χ1v) is 6.68. The van der Waals surface area contributed by atoms with Crippen LogP contribution in [0.3, 0.4) is 0 Å². The molecule has 0 bridgehead atoms. The van der Waals surface area contributed by atoms with Crippen LogP contribution in [0.1, 0.15) is 32.1 Å². The summed E-state index contributed by atoms with van der Waals surface area (Å²) in [6.07, 6.45) is 4.72. The quantitative estimate of drug-likeness (QED) is 0.777. The fourth-order valence-electron chi connectivity index (χ4n) is 2.58. The second-order valence-electron chi connectivity index (χ2n) is 4.71. The number of aliphatic hydroxyl groups excluding tert-OH is 1. The molecule has 0 aromatic carbocycles. The summed E-state index contributed by atoms with van der Waals surface area (Å²) in [6, 6.07) is 0. The molecule has 3 nitrogen and oxygen atoms in total. The normalized spacial score (nSPS) is 37.3. The summed E-state index contributed by atoms with van der Waals surface area (Å²) < 4.78 is 0. The maximum Gasteiger partial charge on any atom is 0.223 e. The van der Waals surface area contributed by atoms with Gasteiger partial charge in [0.25, 0.3) is 0 Å². The highest BCUT2D eigenvalue weighted by Gasteiger charge is 2.32. The lowest BCUT2D eigenvalue weighted by Crippen LogP contribution is -2.37. The third kappa shape index (κ3) is 2.72. The van der Waals surface area contributed by atoms with Crippen LogP contribution in [0.5, 0.6) is 0 Å². The first kappa shape index (κ1) is 11.4. The largest absolute Gasteiger partial charge is 0.393 e. The van der Waals surface area contributed by atoms with E-state index >= 15 is 0 Å². The van der Waals surface area contributed by atoms with Gasteiger partial charge in [-0.25, -0.2) is 0 Å². The van der Waals surface area contributed by atoms with Crippen LogP contribution in [-0.2, 0) is 4.79 Å². The van der Waals surface area contributed by atoms with E-state index < -0.39 is 0 Å². The molecule has 1 saturated heterocycles. The van der Waals surface area contributed by atoms with Gasteiger partial charge in [-0.3, -0.25) is 4.79 Å². The highest BCUT2D eigenvalue weighted by Crippen LogP contribution is 2.27. The molecule has 3 atom stereocenters. The lowest BCUT2D eigenvalue weighted by Gasteiger charge is -2.31. The van der Waals surface area contributed by atoms with E-state index in [1.54, 1.807) is 0 Å². The highest BCUT2D eigenvalue weighted by molar-refractivity contribution is 9.09. The Bertz CT molecular complexity index is 247. The Labute approximate surface area is 99.0 Å². The van der Waals surface area contributed by atoms with Gasteiger partial charge in [0, 0.05) is 30.3 Å². The third-order valence-electron chi connectivity index (χ3n) is 3.49. The van der Waals surface area contributed by atoms with Crippen molar-refractivity contribution in [1.29, 1.82) is 0 Å². The Morgan fingerprint density at radius 1 is 1.40 bits per heavy atom. The predicted molar refractivity (Wildman–Crippen MR) is 61.9 cm³/mol. The van der Waals surface area contributed by atoms with Gasteiger partial charge in [-0.05, 0) is 12.8 Å². The lowest BCUT2D eigenvalue weighted by atomic mass is 9.86. The summed E-state index contributed by atoms with van der Waals surface area (Å²) in [5.41, 5.74) is 0. The number of carbonyl (C=O) groups excluding carboxylic acids is 1. The van der Waals surface area contributed by atoms with Gasteiger partial charge in [0.05, 0.1) is 6.10 Å². The molecule has 0 radical (unpaired) electrons. The van der Waals surface area contributed by atoms with Crippen molar-refractivity contribution in [3.63, 3.8) is 0 Å². The Morgan fingerprint density at radius 3 is 2.73 bits per heavy atom. The molecule has 1 N–H and O–H groups in total. The van der Waals surface area contributed by atoms with E-state index in [1.807, 2.05) is 4.90 Å². The van der Waals surface area contributed by atoms with Crippen molar-refractivity contribution in [3.05, 3.63) is 0 Å². The highest BCUT2D eigenvalue weighted by atomic mass is 79.9. The van der Waals surface area contributed by atoms with Crippen LogP contribution in [0, 0.1) is 5.92 Å². The number of carbonyl (C=O) groups is 1. The SMILES string of the molecule is O=C1CC(Br)CN1CC1CCCCC1O. The zero-order valence-corrected chi connectivity index (χ0v) is 10.4. The number of halogens is 1. The molecule has 2 fully saturated rings. The zero-order chi connectivity index (χ0) is 10.8. The molecule has 86 valence electrons. The van der Waals surface area contributed by atoms with Gasteiger partial charge in [-0.2, -0.15) is 0 Å². The van der Waals surface area contributed by atoms with Crippen LogP contribution in [0.25, 0.3) is 0 Å². The number of likely N-dealkylation sites (tertiary alicyclic amines) is 1. The lowest BCUT2D eigenvalue weighted by molar-refractivity contribution is -0.128. The maximum absolute atomic E-state index is 11.6. The van der Waals surface area contributed by atoms with E-state index in [2.05, 4.69) is 15.9 Å². The van der Waals surface area contributed by atoms with Crippen LogP contribution in [0.15, 0.2) is 0 Å². The molecular weight excluding hydrogens is 258 g/mol. The first-order valence-electron chi connectivity index (χ1n) is 5.76. The number of hydrogen-bond donors (Lipinski definition) is 1. The van der Waals surface area contributed by atoms with Crippen molar-refractivity contribution in [2.45, 2.75) is 43.0 Å². The number of amides is 1. The van der Waals surface area contributed by atoms with Crippen LogP contribution in [-0.4, -0.2) is 39.9 Å². The topological polar surface area (TPSA) is 40.5 Å². The number of hydrogen-bond acceptors (Lipinski definition) is 2. The molecular formula is C11H18BrNO2. The van der Waals surface area contributed by atoms with Gasteiger partial charge >= 0.3 is 0 Å². The van der Waals surface area contributed by atoms with Crippen LogP contribution in [0.2, 0.25) is 0 Å². The summed E-state index contributed by atoms with van der Waals surface area (Å²) in [4.78, 5) is 13.8. The molecule has 1 amide bonds. The molecule has 1 saturated carbocycles. The predicted octanol–water partition coefficient (Wildman–Crippen LogP) is 1.53. The second-order valence-corrected chi connectivity index (χ2v) is 6.01. The molecule has 3 unspecified atom stereocenters. The molecule has 1 heterocycles. The molecule has 0 aromatic rings.